The van der Waals surface area contributed by atoms with E-state index in [1.165, 1.54) is 6.20 Å². The zero-order valence-electron chi connectivity index (χ0n) is 15.8. The Balaban J connectivity index is 1.53. The highest BCUT2D eigenvalue weighted by molar-refractivity contribution is 5.81. The van der Waals surface area contributed by atoms with E-state index in [0.717, 1.165) is 6.42 Å². The fraction of sp³-hybridized carbons (Fsp3) is 0.500. The predicted octanol–water partition coefficient (Wildman–Crippen LogP) is 1.83. The Hall–Kier alpha value is -2.70. The molecule has 144 valence electrons. The molecule has 1 aromatic heterocycles. The third-order valence-electron chi connectivity index (χ3n) is 4.87. The molecule has 0 aliphatic carbocycles. The molecule has 1 amide bonds. The summed E-state index contributed by atoms with van der Waals surface area (Å²) in [6.45, 7) is 5.75. The van der Waals surface area contributed by atoms with Crippen LogP contribution < -0.4 is 5.43 Å². The Labute approximate surface area is 157 Å². The first-order valence-corrected chi connectivity index (χ1v) is 9.32. The van der Waals surface area contributed by atoms with Crippen LogP contribution in [0.1, 0.15) is 26.7 Å². The molecule has 7 nitrogen and oxygen atoms in total. The number of hydrogen-bond acceptors (Lipinski definition) is 5. The molecule has 27 heavy (non-hydrogen) atoms. The summed E-state index contributed by atoms with van der Waals surface area (Å²) >= 11 is 0. The molecule has 7 heteroatoms. The third-order valence-corrected chi connectivity index (χ3v) is 4.87. The minimum absolute atomic E-state index is 0.0833. The lowest BCUT2D eigenvalue weighted by Crippen LogP contribution is -2.44. The van der Waals surface area contributed by atoms with E-state index in [4.69, 9.17) is 4.74 Å². The van der Waals surface area contributed by atoms with Crippen molar-refractivity contribution < 1.29 is 14.3 Å². The standard InChI is InChI=1S/C20H25N3O4/c1-14-9-15(2)12-22(11-14)19(25)13-27-20(26)7-8-23-17-6-4-3-5-16(17)18(24)10-21-23/h3-6,10,14-15H,7-9,11-13H2,1-2H3/t14-,15-/m0/s1. The summed E-state index contributed by atoms with van der Waals surface area (Å²) in [6, 6.07) is 7.12. The van der Waals surface area contributed by atoms with Crippen molar-refractivity contribution in [2.24, 2.45) is 11.8 Å². The van der Waals surface area contributed by atoms with Crippen molar-refractivity contribution in [2.45, 2.75) is 33.2 Å². The SMILES string of the molecule is C[C@H]1C[C@H](C)CN(C(=O)COC(=O)CCn2ncc(=O)c3ccccc32)C1. The molecule has 0 N–H and O–H groups in total. The fourth-order valence-corrected chi connectivity index (χ4v) is 3.71. The van der Waals surface area contributed by atoms with E-state index in [9.17, 15) is 14.4 Å². The van der Waals surface area contributed by atoms with E-state index in [0.29, 0.717) is 35.8 Å². The predicted molar refractivity (Wildman–Crippen MR) is 101 cm³/mol. The number of benzene rings is 1. The van der Waals surface area contributed by atoms with Gasteiger partial charge in [0.15, 0.2) is 6.61 Å². The van der Waals surface area contributed by atoms with Crippen LogP contribution in [0.3, 0.4) is 0 Å². The van der Waals surface area contributed by atoms with E-state index >= 15 is 0 Å². The highest BCUT2D eigenvalue weighted by Crippen LogP contribution is 2.20. The molecule has 2 aromatic rings. The van der Waals surface area contributed by atoms with Crippen molar-refractivity contribution in [1.29, 1.82) is 0 Å². The minimum atomic E-state index is -0.453. The topological polar surface area (TPSA) is 81.5 Å². The van der Waals surface area contributed by atoms with E-state index in [1.54, 1.807) is 27.8 Å². The maximum atomic E-state index is 12.3. The summed E-state index contributed by atoms with van der Waals surface area (Å²) in [7, 11) is 0. The lowest BCUT2D eigenvalue weighted by molar-refractivity contribution is -0.153. The van der Waals surface area contributed by atoms with Crippen molar-refractivity contribution in [3.63, 3.8) is 0 Å². The van der Waals surface area contributed by atoms with Crippen LogP contribution >= 0.6 is 0 Å². The van der Waals surface area contributed by atoms with Crippen LogP contribution in [-0.2, 0) is 20.9 Å². The summed E-state index contributed by atoms with van der Waals surface area (Å²) < 4.78 is 6.76. The summed E-state index contributed by atoms with van der Waals surface area (Å²) in [5, 5.41) is 4.64. The molecular weight excluding hydrogens is 346 g/mol. The number of carbonyl (C=O) groups is 2. The summed E-state index contributed by atoms with van der Waals surface area (Å²) in [5.41, 5.74) is 0.519. The van der Waals surface area contributed by atoms with Crippen LogP contribution in [0.2, 0.25) is 0 Å². The first-order chi connectivity index (χ1) is 12.9. The van der Waals surface area contributed by atoms with E-state index in [2.05, 4.69) is 18.9 Å². The number of esters is 1. The number of hydrogen-bond donors (Lipinski definition) is 0. The van der Waals surface area contributed by atoms with E-state index in [1.807, 2.05) is 6.07 Å². The Morgan fingerprint density at radius 3 is 2.63 bits per heavy atom. The Bertz CT molecular complexity index is 882. The highest BCUT2D eigenvalue weighted by atomic mass is 16.5. The van der Waals surface area contributed by atoms with E-state index in [-0.39, 0.29) is 30.9 Å². The quantitative estimate of drug-likeness (QED) is 0.749. The van der Waals surface area contributed by atoms with Crippen LogP contribution in [0.25, 0.3) is 10.9 Å². The molecule has 0 spiro atoms. The smallest absolute Gasteiger partial charge is 0.308 e. The van der Waals surface area contributed by atoms with Crippen molar-refractivity contribution in [2.75, 3.05) is 19.7 Å². The Kier molecular flexibility index (Phi) is 5.88. The number of fused-ring (bicyclic) bond motifs is 1. The van der Waals surface area contributed by atoms with Gasteiger partial charge in [-0.3, -0.25) is 19.1 Å². The molecule has 1 aromatic carbocycles. The number of likely N-dealkylation sites (tertiary alicyclic amines) is 1. The van der Waals surface area contributed by atoms with Crippen LogP contribution in [0.5, 0.6) is 0 Å². The molecule has 0 unspecified atom stereocenters. The van der Waals surface area contributed by atoms with Gasteiger partial charge in [-0.25, -0.2) is 0 Å². The number of para-hydroxylation sites is 1. The number of nitrogens with zero attached hydrogens (tertiary/aromatic N) is 3. The average Bonchev–Trinajstić information content (AvgIpc) is 2.65. The van der Waals surface area contributed by atoms with Gasteiger partial charge in [-0.05, 0) is 30.4 Å². The van der Waals surface area contributed by atoms with Crippen LogP contribution in [0, 0.1) is 11.8 Å². The first kappa shape index (κ1) is 19.1. The van der Waals surface area contributed by atoms with Crippen molar-refractivity contribution in [3.8, 4) is 0 Å². The van der Waals surface area contributed by atoms with Crippen LogP contribution in [-0.4, -0.2) is 46.3 Å². The number of aromatic nitrogens is 2. The van der Waals surface area contributed by atoms with Gasteiger partial charge in [0, 0.05) is 18.5 Å². The molecule has 0 radical (unpaired) electrons. The zero-order chi connectivity index (χ0) is 19.4. The van der Waals surface area contributed by atoms with Gasteiger partial charge in [0.25, 0.3) is 5.91 Å². The second-order valence-electron chi connectivity index (χ2n) is 7.40. The second-order valence-corrected chi connectivity index (χ2v) is 7.40. The van der Waals surface area contributed by atoms with Gasteiger partial charge in [-0.15, -0.1) is 0 Å². The number of rotatable bonds is 5. The van der Waals surface area contributed by atoms with Gasteiger partial charge < -0.3 is 9.64 Å². The maximum absolute atomic E-state index is 12.3. The Morgan fingerprint density at radius 2 is 1.89 bits per heavy atom. The van der Waals surface area contributed by atoms with Gasteiger partial charge in [0.2, 0.25) is 5.43 Å². The molecule has 2 heterocycles. The molecule has 1 aliphatic rings. The maximum Gasteiger partial charge on any atom is 0.308 e. The van der Waals surface area contributed by atoms with Crippen LogP contribution in [0.4, 0.5) is 0 Å². The number of piperidine rings is 1. The summed E-state index contributed by atoms with van der Waals surface area (Å²) in [5.74, 6) is 0.334. The monoisotopic (exact) mass is 371 g/mol. The van der Waals surface area contributed by atoms with Crippen LogP contribution in [0.15, 0.2) is 35.3 Å². The molecule has 1 aliphatic heterocycles. The average molecular weight is 371 g/mol. The van der Waals surface area contributed by atoms with E-state index < -0.39 is 5.97 Å². The second kappa shape index (κ2) is 8.33. The van der Waals surface area contributed by atoms with Gasteiger partial charge >= 0.3 is 5.97 Å². The molecule has 3 rings (SSSR count). The van der Waals surface area contributed by atoms with Gasteiger partial charge in [0.05, 0.1) is 24.7 Å². The number of ether oxygens (including phenoxy) is 1. The van der Waals surface area contributed by atoms with Crippen molar-refractivity contribution >= 4 is 22.8 Å². The molecule has 1 fully saturated rings. The fourth-order valence-electron chi connectivity index (χ4n) is 3.71. The van der Waals surface area contributed by atoms with Gasteiger partial charge in [0.1, 0.15) is 0 Å². The highest BCUT2D eigenvalue weighted by Gasteiger charge is 2.25. The lowest BCUT2D eigenvalue weighted by atomic mass is 9.92. The van der Waals surface area contributed by atoms with Gasteiger partial charge in [-0.2, -0.15) is 5.10 Å². The normalized spacial score (nSPS) is 19.9. The third kappa shape index (κ3) is 4.72. The summed E-state index contributed by atoms with van der Waals surface area (Å²) in [4.78, 5) is 37.9. The molecule has 1 saturated heterocycles. The number of aryl methyl sites for hydroxylation is 1. The molecular formula is C20H25N3O4. The van der Waals surface area contributed by atoms with Gasteiger partial charge in [-0.1, -0.05) is 26.0 Å². The number of carbonyl (C=O) groups excluding carboxylic acids is 2. The first-order valence-electron chi connectivity index (χ1n) is 9.32. The Morgan fingerprint density at radius 1 is 1.19 bits per heavy atom. The molecule has 2 atom stereocenters. The largest absolute Gasteiger partial charge is 0.456 e. The van der Waals surface area contributed by atoms with Crippen molar-refractivity contribution in [1.82, 2.24) is 14.7 Å². The zero-order valence-corrected chi connectivity index (χ0v) is 15.8. The number of amides is 1. The lowest BCUT2D eigenvalue weighted by Gasteiger charge is -2.34. The molecule has 0 bridgehead atoms. The minimum Gasteiger partial charge on any atom is -0.456 e. The van der Waals surface area contributed by atoms with Crippen molar-refractivity contribution in [3.05, 3.63) is 40.7 Å². The summed E-state index contributed by atoms with van der Waals surface area (Å²) in [6.07, 6.45) is 2.44. The molecule has 0 saturated carbocycles.